The van der Waals surface area contributed by atoms with Crippen molar-refractivity contribution in [2.24, 2.45) is 0 Å². The van der Waals surface area contributed by atoms with E-state index < -0.39 is 11.9 Å². The average Bonchev–Trinajstić information content (AvgIpc) is 2.72. The van der Waals surface area contributed by atoms with Gasteiger partial charge >= 0.3 is 6.18 Å². The molecule has 0 aliphatic rings. The van der Waals surface area contributed by atoms with Crippen LogP contribution in [-0.4, -0.2) is 21.4 Å². The second kappa shape index (κ2) is 5.24. The fourth-order valence-electron chi connectivity index (χ4n) is 1.41. The minimum absolute atomic E-state index is 0.114. The van der Waals surface area contributed by atoms with Crippen LogP contribution in [0, 0.1) is 6.92 Å². The van der Waals surface area contributed by atoms with Crippen LogP contribution in [0.25, 0.3) is 5.65 Å². The summed E-state index contributed by atoms with van der Waals surface area (Å²) >= 11 is 0. The van der Waals surface area contributed by atoms with Gasteiger partial charge < -0.3 is 5.32 Å². The normalized spacial score (nSPS) is 11.1. The minimum atomic E-state index is -4.46. The standard InChI is InChI=1S/C9H9F3N4.C2H6/c1-5-3-14-8-7(13-2)15-6(4-16(5)8)9(10,11)12;1-2/h3-4H,1-2H3,(H,13,15);1-2H3. The molecule has 0 aromatic carbocycles. The van der Waals surface area contributed by atoms with Crippen LogP contribution in [0.15, 0.2) is 12.4 Å². The van der Waals surface area contributed by atoms with Crippen LogP contribution in [0.3, 0.4) is 0 Å². The number of alkyl halides is 3. The van der Waals surface area contributed by atoms with Crippen molar-refractivity contribution >= 4 is 11.5 Å². The molecule has 0 aliphatic carbocycles. The number of nitrogens with one attached hydrogen (secondary N) is 1. The summed E-state index contributed by atoms with van der Waals surface area (Å²) in [4.78, 5) is 7.47. The number of halogens is 3. The molecule has 0 bridgehead atoms. The van der Waals surface area contributed by atoms with Crippen molar-refractivity contribution in [3.63, 3.8) is 0 Å². The topological polar surface area (TPSA) is 42.2 Å². The first-order valence-electron chi connectivity index (χ1n) is 5.53. The fourth-order valence-corrected chi connectivity index (χ4v) is 1.41. The van der Waals surface area contributed by atoms with Crippen LogP contribution in [0.5, 0.6) is 0 Å². The molecule has 0 aliphatic heterocycles. The van der Waals surface area contributed by atoms with Gasteiger partial charge in [0.15, 0.2) is 17.2 Å². The number of aromatic nitrogens is 3. The van der Waals surface area contributed by atoms with Gasteiger partial charge in [-0.15, -0.1) is 0 Å². The highest BCUT2D eigenvalue weighted by molar-refractivity contribution is 5.63. The number of aryl methyl sites for hydroxylation is 1. The van der Waals surface area contributed by atoms with Crippen molar-refractivity contribution in [1.29, 1.82) is 0 Å². The molecule has 0 saturated heterocycles. The van der Waals surface area contributed by atoms with E-state index in [0.717, 1.165) is 6.20 Å². The summed E-state index contributed by atoms with van der Waals surface area (Å²) in [6.07, 6.45) is -2.02. The summed E-state index contributed by atoms with van der Waals surface area (Å²) in [6.45, 7) is 5.68. The molecule has 0 amide bonds. The summed E-state index contributed by atoms with van der Waals surface area (Å²) in [7, 11) is 1.51. The van der Waals surface area contributed by atoms with Crippen molar-refractivity contribution in [3.8, 4) is 0 Å². The molecule has 0 radical (unpaired) electrons. The van der Waals surface area contributed by atoms with E-state index in [4.69, 9.17) is 0 Å². The Morgan fingerprint density at radius 3 is 2.39 bits per heavy atom. The molecular formula is C11H15F3N4. The fraction of sp³-hybridized carbons (Fsp3) is 0.455. The Balaban J connectivity index is 0.000000771. The molecule has 1 N–H and O–H groups in total. The first kappa shape index (κ1) is 14.3. The number of imidazole rings is 1. The molecule has 2 aromatic heterocycles. The molecule has 2 rings (SSSR count). The maximum atomic E-state index is 12.5. The highest BCUT2D eigenvalue weighted by atomic mass is 19.4. The lowest BCUT2D eigenvalue weighted by molar-refractivity contribution is -0.141. The van der Waals surface area contributed by atoms with Crippen LogP contribution in [0.1, 0.15) is 25.2 Å². The first-order chi connectivity index (χ1) is 8.43. The molecule has 0 spiro atoms. The molecule has 100 valence electrons. The Labute approximate surface area is 103 Å². The number of rotatable bonds is 1. The lowest BCUT2D eigenvalue weighted by Crippen LogP contribution is -2.12. The lowest BCUT2D eigenvalue weighted by Gasteiger charge is -2.09. The van der Waals surface area contributed by atoms with Gasteiger partial charge in [-0.05, 0) is 6.92 Å². The van der Waals surface area contributed by atoms with Crippen LogP contribution < -0.4 is 5.32 Å². The summed E-state index contributed by atoms with van der Waals surface area (Å²) in [5, 5.41) is 2.60. The molecule has 0 saturated carbocycles. The summed E-state index contributed by atoms with van der Waals surface area (Å²) in [6, 6.07) is 0. The molecule has 2 heterocycles. The zero-order chi connectivity index (χ0) is 13.9. The predicted octanol–water partition coefficient (Wildman–Crippen LogP) is 3.12. The molecule has 0 atom stereocenters. The third-order valence-corrected chi connectivity index (χ3v) is 2.20. The van der Waals surface area contributed by atoms with Gasteiger partial charge in [-0.1, -0.05) is 13.8 Å². The Hall–Kier alpha value is -1.79. The van der Waals surface area contributed by atoms with Gasteiger partial charge in [-0.3, -0.25) is 4.40 Å². The van der Waals surface area contributed by atoms with E-state index >= 15 is 0 Å². The quantitative estimate of drug-likeness (QED) is 0.856. The van der Waals surface area contributed by atoms with Gasteiger partial charge in [0.2, 0.25) is 0 Å². The van der Waals surface area contributed by atoms with Crippen molar-refractivity contribution in [2.75, 3.05) is 12.4 Å². The molecular weight excluding hydrogens is 245 g/mol. The number of anilines is 1. The Morgan fingerprint density at radius 2 is 1.89 bits per heavy atom. The van der Waals surface area contributed by atoms with E-state index in [-0.39, 0.29) is 5.82 Å². The summed E-state index contributed by atoms with van der Waals surface area (Å²) in [5.74, 6) is 0.114. The van der Waals surface area contributed by atoms with Crippen molar-refractivity contribution in [3.05, 3.63) is 23.8 Å². The van der Waals surface area contributed by atoms with Crippen LogP contribution in [-0.2, 0) is 6.18 Å². The highest BCUT2D eigenvalue weighted by Crippen LogP contribution is 2.29. The van der Waals surface area contributed by atoms with E-state index in [1.54, 1.807) is 6.92 Å². The molecule has 0 unspecified atom stereocenters. The van der Waals surface area contributed by atoms with E-state index in [1.165, 1.54) is 17.6 Å². The second-order valence-corrected chi connectivity index (χ2v) is 3.32. The molecule has 4 nitrogen and oxygen atoms in total. The summed E-state index contributed by atoms with van der Waals surface area (Å²) < 4.78 is 39.0. The molecule has 18 heavy (non-hydrogen) atoms. The maximum absolute atomic E-state index is 12.5. The molecule has 0 fully saturated rings. The number of hydrogen-bond donors (Lipinski definition) is 1. The van der Waals surface area contributed by atoms with E-state index in [9.17, 15) is 13.2 Å². The Morgan fingerprint density at radius 1 is 1.28 bits per heavy atom. The van der Waals surface area contributed by atoms with Gasteiger partial charge in [0.25, 0.3) is 0 Å². The van der Waals surface area contributed by atoms with Gasteiger partial charge in [-0.2, -0.15) is 13.2 Å². The van der Waals surface area contributed by atoms with Crippen molar-refractivity contribution in [1.82, 2.24) is 14.4 Å². The van der Waals surface area contributed by atoms with Crippen molar-refractivity contribution < 1.29 is 13.2 Å². The van der Waals surface area contributed by atoms with Crippen LogP contribution in [0.4, 0.5) is 19.0 Å². The highest BCUT2D eigenvalue weighted by Gasteiger charge is 2.34. The molecule has 2 aromatic rings. The Bertz CT molecular complexity index is 531. The Kier molecular flexibility index (Phi) is 4.15. The van der Waals surface area contributed by atoms with E-state index in [1.807, 2.05) is 13.8 Å². The number of nitrogens with zero attached hydrogens (tertiary/aromatic N) is 3. The van der Waals surface area contributed by atoms with E-state index in [2.05, 4.69) is 15.3 Å². The smallest absolute Gasteiger partial charge is 0.370 e. The van der Waals surface area contributed by atoms with Crippen molar-refractivity contribution in [2.45, 2.75) is 26.9 Å². The summed E-state index contributed by atoms with van der Waals surface area (Å²) in [5.41, 5.74) is 0.0675. The SMILES string of the molecule is CC.CNc1nc(C(F)(F)F)cn2c(C)cnc12. The first-order valence-corrected chi connectivity index (χ1v) is 5.53. The number of fused-ring (bicyclic) bond motifs is 1. The van der Waals surface area contributed by atoms with Gasteiger partial charge in [0, 0.05) is 25.1 Å². The third kappa shape index (κ3) is 2.55. The monoisotopic (exact) mass is 260 g/mol. The minimum Gasteiger partial charge on any atom is -0.370 e. The zero-order valence-electron chi connectivity index (χ0n) is 10.6. The van der Waals surface area contributed by atoms with Gasteiger partial charge in [-0.25, -0.2) is 9.97 Å². The second-order valence-electron chi connectivity index (χ2n) is 3.32. The largest absolute Gasteiger partial charge is 0.434 e. The van der Waals surface area contributed by atoms with Gasteiger partial charge in [0.05, 0.1) is 0 Å². The predicted molar refractivity (Wildman–Crippen MR) is 63.6 cm³/mol. The third-order valence-electron chi connectivity index (χ3n) is 2.20. The number of hydrogen-bond acceptors (Lipinski definition) is 3. The zero-order valence-corrected chi connectivity index (χ0v) is 10.6. The van der Waals surface area contributed by atoms with Gasteiger partial charge in [0.1, 0.15) is 0 Å². The maximum Gasteiger partial charge on any atom is 0.434 e. The lowest BCUT2D eigenvalue weighted by atomic mass is 10.4. The van der Waals surface area contributed by atoms with Crippen LogP contribution in [0.2, 0.25) is 0 Å². The van der Waals surface area contributed by atoms with E-state index in [0.29, 0.717) is 11.3 Å². The van der Waals surface area contributed by atoms with Crippen LogP contribution >= 0.6 is 0 Å². The molecule has 7 heteroatoms. The average molecular weight is 260 g/mol.